The third-order valence-electron chi connectivity index (χ3n) is 2.42. The molecule has 1 unspecified atom stereocenters. The van der Waals surface area contributed by atoms with Crippen LogP contribution in [0.2, 0.25) is 0 Å². The van der Waals surface area contributed by atoms with Crippen molar-refractivity contribution in [1.82, 2.24) is 0 Å². The lowest BCUT2D eigenvalue weighted by atomic mass is 10.00. The molecule has 1 fully saturated rings. The van der Waals surface area contributed by atoms with Crippen LogP contribution in [-0.4, -0.2) is 24.3 Å². The summed E-state index contributed by atoms with van der Waals surface area (Å²) in [7, 11) is 0. The molecule has 0 aliphatic carbocycles. The molecule has 1 aliphatic rings. The van der Waals surface area contributed by atoms with E-state index in [0.29, 0.717) is 6.61 Å². The first-order valence-electron chi connectivity index (χ1n) is 4.82. The summed E-state index contributed by atoms with van der Waals surface area (Å²) in [4.78, 5) is 11.7. The van der Waals surface area contributed by atoms with Gasteiger partial charge in [-0.3, -0.25) is 4.79 Å². The summed E-state index contributed by atoms with van der Waals surface area (Å²) >= 11 is 0. The van der Waals surface area contributed by atoms with Crippen LogP contribution in [-0.2, 0) is 14.3 Å². The predicted octanol–water partition coefficient (Wildman–Crippen LogP) is 1.75. The van der Waals surface area contributed by atoms with E-state index in [2.05, 4.69) is 0 Å². The fourth-order valence-corrected chi connectivity index (χ4v) is 1.35. The topological polar surface area (TPSA) is 35.5 Å². The first kappa shape index (κ1) is 10.7. The van der Waals surface area contributed by atoms with Gasteiger partial charge in [0.25, 0.3) is 0 Å². The molecule has 0 spiro atoms. The van der Waals surface area contributed by atoms with Crippen LogP contribution in [0.25, 0.3) is 0 Å². The second-order valence-electron chi connectivity index (χ2n) is 4.03. The number of carbonyl (C=O) groups excluding carboxylic acids is 1. The standard InChI is InChI=1S/C10H18O3/c1-5-7(2)9(11)8-6-12-10(3,4)13-8/h7-8H,5-6H2,1-4H3/t7?,8-/m1/s1. The van der Waals surface area contributed by atoms with E-state index in [1.807, 2.05) is 27.7 Å². The molecule has 1 rings (SSSR count). The number of ketones is 1. The van der Waals surface area contributed by atoms with E-state index in [-0.39, 0.29) is 17.8 Å². The maximum absolute atomic E-state index is 11.7. The number of ether oxygens (including phenoxy) is 2. The van der Waals surface area contributed by atoms with Crippen molar-refractivity contribution < 1.29 is 14.3 Å². The first-order valence-corrected chi connectivity index (χ1v) is 4.82. The summed E-state index contributed by atoms with van der Waals surface area (Å²) < 4.78 is 10.8. The lowest BCUT2D eigenvalue weighted by Crippen LogP contribution is -2.30. The molecule has 13 heavy (non-hydrogen) atoms. The Morgan fingerprint density at radius 2 is 2.23 bits per heavy atom. The molecule has 1 aliphatic heterocycles. The fourth-order valence-electron chi connectivity index (χ4n) is 1.35. The molecule has 1 heterocycles. The minimum Gasteiger partial charge on any atom is -0.347 e. The Labute approximate surface area is 79.4 Å². The molecule has 0 N–H and O–H groups in total. The zero-order chi connectivity index (χ0) is 10.1. The second kappa shape index (κ2) is 3.76. The van der Waals surface area contributed by atoms with Crippen molar-refractivity contribution >= 4 is 5.78 Å². The van der Waals surface area contributed by atoms with E-state index in [4.69, 9.17) is 9.47 Å². The van der Waals surface area contributed by atoms with Crippen molar-refractivity contribution in [3.8, 4) is 0 Å². The molecule has 1 saturated heterocycles. The average Bonchev–Trinajstić information content (AvgIpc) is 2.43. The molecule has 0 saturated carbocycles. The van der Waals surface area contributed by atoms with Gasteiger partial charge in [-0.05, 0) is 20.3 Å². The maximum atomic E-state index is 11.7. The number of Topliss-reactive ketones (excluding diaryl/α,β-unsaturated/α-hetero) is 1. The Hall–Kier alpha value is -0.410. The molecule has 2 atom stereocenters. The molecule has 3 nitrogen and oxygen atoms in total. The lowest BCUT2D eigenvalue weighted by Gasteiger charge is -2.17. The summed E-state index contributed by atoms with van der Waals surface area (Å²) in [5.41, 5.74) is 0. The molecule has 0 aromatic carbocycles. The Morgan fingerprint density at radius 1 is 1.62 bits per heavy atom. The van der Waals surface area contributed by atoms with Gasteiger partial charge in [-0.25, -0.2) is 0 Å². The molecule has 76 valence electrons. The van der Waals surface area contributed by atoms with Crippen LogP contribution in [0.5, 0.6) is 0 Å². The summed E-state index contributed by atoms with van der Waals surface area (Å²) in [6, 6.07) is 0. The van der Waals surface area contributed by atoms with Crippen LogP contribution in [0.1, 0.15) is 34.1 Å². The van der Waals surface area contributed by atoms with Crippen LogP contribution >= 0.6 is 0 Å². The number of hydrogen-bond acceptors (Lipinski definition) is 3. The summed E-state index contributed by atoms with van der Waals surface area (Å²) in [6.45, 7) is 7.99. The van der Waals surface area contributed by atoms with Crippen LogP contribution in [0.4, 0.5) is 0 Å². The number of carbonyl (C=O) groups is 1. The Morgan fingerprint density at radius 3 is 2.62 bits per heavy atom. The van der Waals surface area contributed by atoms with Crippen molar-refractivity contribution in [2.45, 2.75) is 46.0 Å². The van der Waals surface area contributed by atoms with E-state index in [1.54, 1.807) is 0 Å². The minimum absolute atomic E-state index is 0.0718. The third-order valence-corrected chi connectivity index (χ3v) is 2.42. The van der Waals surface area contributed by atoms with Crippen molar-refractivity contribution in [1.29, 1.82) is 0 Å². The Bertz CT molecular complexity index is 198. The van der Waals surface area contributed by atoms with Gasteiger partial charge >= 0.3 is 0 Å². The lowest BCUT2D eigenvalue weighted by molar-refractivity contribution is -0.154. The highest BCUT2D eigenvalue weighted by atomic mass is 16.7. The van der Waals surface area contributed by atoms with Crippen molar-refractivity contribution in [3.05, 3.63) is 0 Å². The molecule has 0 radical (unpaired) electrons. The van der Waals surface area contributed by atoms with Crippen molar-refractivity contribution in [3.63, 3.8) is 0 Å². The van der Waals surface area contributed by atoms with Gasteiger partial charge in [0, 0.05) is 5.92 Å². The van der Waals surface area contributed by atoms with Gasteiger partial charge in [0.05, 0.1) is 6.61 Å². The fraction of sp³-hybridized carbons (Fsp3) is 0.900. The summed E-state index contributed by atoms with van der Waals surface area (Å²) in [5.74, 6) is -0.357. The van der Waals surface area contributed by atoms with E-state index < -0.39 is 5.79 Å². The highest BCUT2D eigenvalue weighted by Gasteiger charge is 2.37. The molecule has 0 amide bonds. The summed E-state index contributed by atoms with van der Waals surface area (Å²) in [6.07, 6.45) is 0.504. The average molecular weight is 186 g/mol. The highest BCUT2D eigenvalue weighted by Crippen LogP contribution is 2.24. The van der Waals surface area contributed by atoms with Gasteiger partial charge in [-0.15, -0.1) is 0 Å². The van der Waals surface area contributed by atoms with Crippen LogP contribution in [0, 0.1) is 5.92 Å². The van der Waals surface area contributed by atoms with Crippen LogP contribution < -0.4 is 0 Å². The maximum Gasteiger partial charge on any atom is 0.166 e. The van der Waals surface area contributed by atoms with Gasteiger partial charge in [0.15, 0.2) is 11.6 Å². The largest absolute Gasteiger partial charge is 0.347 e. The van der Waals surface area contributed by atoms with Gasteiger partial charge < -0.3 is 9.47 Å². The van der Waals surface area contributed by atoms with Gasteiger partial charge in [0.2, 0.25) is 0 Å². The van der Waals surface area contributed by atoms with E-state index in [1.165, 1.54) is 0 Å². The first-order chi connectivity index (χ1) is 5.96. The molecule has 0 aromatic rings. The van der Waals surface area contributed by atoms with E-state index >= 15 is 0 Å². The normalized spacial score (nSPS) is 28.8. The molecule has 3 heteroatoms. The molecular weight excluding hydrogens is 168 g/mol. The summed E-state index contributed by atoms with van der Waals surface area (Å²) in [5, 5.41) is 0. The zero-order valence-electron chi connectivity index (χ0n) is 8.79. The Kier molecular flexibility index (Phi) is 3.09. The monoisotopic (exact) mass is 186 g/mol. The van der Waals surface area contributed by atoms with E-state index in [9.17, 15) is 4.79 Å². The molecular formula is C10H18O3. The quantitative estimate of drug-likeness (QED) is 0.673. The van der Waals surface area contributed by atoms with E-state index in [0.717, 1.165) is 6.42 Å². The molecule has 0 bridgehead atoms. The highest BCUT2D eigenvalue weighted by molar-refractivity contribution is 5.85. The van der Waals surface area contributed by atoms with Gasteiger partial charge in [-0.2, -0.15) is 0 Å². The van der Waals surface area contributed by atoms with Gasteiger partial charge in [0.1, 0.15) is 6.10 Å². The third kappa shape index (κ3) is 2.51. The van der Waals surface area contributed by atoms with Crippen molar-refractivity contribution in [2.75, 3.05) is 6.61 Å². The van der Waals surface area contributed by atoms with Crippen LogP contribution in [0.15, 0.2) is 0 Å². The number of hydrogen-bond donors (Lipinski definition) is 0. The second-order valence-corrected chi connectivity index (χ2v) is 4.03. The Balaban J connectivity index is 2.51. The zero-order valence-corrected chi connectivity index (χ0v) is 8.79. The van der Waals surface area contributed by atoms with Crippen LogP contribution in [0.3, 0.4) is 0 Å². The predicted molar refractivity (Wildman–Crippen MR) is 49.4 cm³/mol. The smallest absolute Gasteiger partial charge is 0.166 e. The number of rotatable bonds is 3. The SMILES string of the molecule is CCC(C)C(=O)[C@H]1COC(C)(C)O1. The molecule has 0 aromatic heterocycles. The van der Waals surface area contributed by atoms with Gasteiger partial charge in [-0.1, -0.05) is 13.8 Å². The van der Waals surface area contributed by atoms with Crippen molar-refractivity contribution in [2.24, 2.45) is 5.92 Å². The minimum atomic E-state index is -0.589.